The van der Waals surface area contributed by atoms with Gasteiger partial charge >= 0.3 is 0 Å². The Hall–Kier alpha value is -2.40. The van der Waals surface area contributed by atoms with Crippen LogP contribution in [0, 0.1) is 6.92 Å². The van der Waals surface area contributed by atoms with Crippen LogP contribution < -0.4 is 4.90 Å². The van der Waals surface area contributed by atoms with E-state index in [9.17, 15) is 5.11 Å². The lowest BCUT2D eigenvalue weighted by Gasteiger charge is -2.30. The number of rotatable bonds is 2. The van der Waals surface area contributed by atoms with Gasteiger partial charge in [0.15, 0.2) is 5.82 Å². The van der Waals surface area contributed by atoms with Crippen LogP contribution in [0.4, 0.5) is 5.82 Å². The number of anilines is 1. The highest BCUT2D eigenvalue weighted by molar-refractivity contribution is 5.75. The van der Waals surface area contributed by atoms with Crippen LogP contribution in [0.2, 0.25) is 0 Å². The standard InChI is InChI=1S/C18H20N4O/c1-13-3-2-4-14(11-13)16-12-17-18(19-7-10-22(17)20-16)21-8-5-15(23)6-9-21/h2-4,7,10-12,15,23H,5-6,8-9H2,1H3. The Balaban J connectivity index is 1.76. The quantitative estimate of drug-likeness (QED) is 0.791. The normalized spacial score (nSPS) is 16.2. The summed E-state index contributed by atoms with van der Waals surface area (Å²) in [7, 11) is 0. The minimum atomic E-state index is -0.182. The number of benzene rings is 1. The van der Waals surface area contributed by atoms with Gasteiger partial charge in [-0.3, -0.25) is 0 Å². The van der Waals surface area contributed by atoms with Gasteiger partial charge in [-0.1, -0.05) is 23.8 Å². The average molecular weight is 308 g/mol. The van der Waals surface area contributed by atoms with Crippen molar-refractivity contribution in [3.05, 3.63) is 48.3 Å². The second-order valence-electron chi connectivity index (χ2n) is 6.20. The van der Waals surface area contributed by atoms with Crippen LogP contribution in [0.25, 0.3) is 16.8 Å². The first-order chi connectivity index (χ1) is 11.2. The summed E-state index contributed by atoms with van der Waals surface area (Å²) < 4.78 is 1.89. The second kappa shape index (κ2) is 5.66. The Kier molecular flexibility index (Phi) is 3.50. The second-order valence-corrected chi connectivity index (χ2v) is 6.20. The summed E-state index contributed by atoms with van der Waals surface area (Å²) in [6, 6.07) is 10.5. The van der Waals surface area contributed by atoms with Crippen molar-refractivity contribution in [3.8, 4) is 11.3 Å². The number of hydrogen-bond donors (Lipinski definition) is 1. The molecule has 118 valence electrons. The summed E-state index contributed by atoms with van der Waals surface area (Å²) in [5, 5.41) is 14.4. The molecule has 0 aliphatic carbocycles. The molecule has 4 rings (SSSR count). The van der Waals surface area contributed by atoms with Crippen LogP contribution in [0.1, 0.15) is 18.4 Å². The van der Waals surface area contributed by atoms with E-state index in [2.05, 4.69) is 47.1 Å². The van der Waals surface area contributed by atoms with Crippen molar-refractivity contribution in [1.82, 2.24) is 14.6 Å². The molecule has 3 heterocycles. The zero-order valence-corrected chi connectivity index (χ0v) is 13.2. The Morgan fingerprint density at radius 3 is 2.78 bits per heavy atom. The summed E-state index contributed by atoms with van der Waals surface area (Å²) >= 11 is 0. The molecule has 0 saturated carbocycles. The van der Waals surface area contributed by atoms with Gasteiger partial charge in [0.05, 0.1) is 11.8 Å². The third kappa shape index (κ3) is 2.68. The van der Waals surface area contributed by atoms with Gasteiger partial charge in [-0.15, -0.1) is 0 Å². The van der Waals surface area contributed by atoms with Gasteiger partial charge in [0, 0.05) is 31.0 Å². The van der Waals surface area contributed by atoms with E-state index in [1.54, 1.807) is 6.20 Å². The maximum absolute atomic E-state index is 9.70. The van der Waals surface area contributed by atoms with Crippen LogP contribution in [0.3, 0.4) is 0 Å². The SMILES string of the molecule is Cc1cccc(-c2cc3c(N4CCC(O)CC4)nccn3n2)c1. The van der Waals surface area contributed by atoms with Crippen molar-refractivity contribution in [2.75, 3.05) is 18.0 Å². The first kappa shape index (κ1) is 14.2. The van der Waals surface area contributed by atoms with Gasteiger partial charge in [0.2, 0.25) is 0 Å². The van der Waals surface area contributed by atoms with Gasteiger partial charge in [-0.05, 0) is 31.9 Å². The van der Waals surface area contributed by atoms with Crippen molar-refractivity contribution in [2.24, 2.45) is 0 Å². The van der Waals surface area contributed by atoms with E-state index in [4.69, 9.17) is 5.10 Å². The molecular formula is C18H20N4O. The fourth-order valence-corrected chi connectivity index (χ4v) is 3.18. The van der Waals surface area contributed by atoms with E-state index in [0.717, 1.165) is 48.5 Å². The topological polar surface area (TPSA) is 53.7 Å². The molecule has 5 heteroatoms. The zero-order valence-electron chi connectivity index (χ0n) is 13.2. The monoisotopic (exact) mass is 308 g/mol. The maximum Gasteiger partial charge on any atom is 0.154 e. The highest BCUT2D eigenvalue weighted by atomic mass is 16.3. The number of piperidine rings is 1. The predicted molar refractivity (Wildman–Crippen MR) is 90.6 cm³/mol. The molecule has 1 N–H and O–H groups in total. The van der Waals surface area contributed by atoms with Crippen LogP contribution >= 0.6 is 0 Å². The molecule has 0 radical (unpaired) electrons. The molecule has 1 fully saturated rings. The first-order valence-electron chi connectivity index (χ1n) is 8.05. The number of aryl methyl sites for hydroxylation is 1. The molecule has 23 heavy (non-hydrogen) atoms. The van der Waals surface area contributed by atoms with Crippen molar-refractivity contribution >= 4 is 11.3 Å². The maximum atomic E-state index is 9.70. The van der Waals surface area contributed by atoms with E-state index in [1.165, 1.54) is 5.56 Å². The number of nitrogens with zero attached hydrogens (tertiary/aromatic N) is 4. The Morgan fingerprint density at radius 2 is 2.00 bits per heavy atom. The molecule has 1 aliphatic heterocycles. The number of aliphatic hydroxyl groups excluding tert-OH is 1. The van der Waals surface area contributed by atoms with Crippen molar-refractivity contribution in [2.45, 2.75) is 25.9 Å². The predicted octanol–water partition coefficient (Wildman–Crippen LogP) is 2.67. The fraction of sp³-hybridized carbons (Fsp3) is 0.333. The number of aromatic nitrogens is 3. The van der Waals surface area contributed by atoms with E-state index < -0.39 is 0 Å². The molecule has 1 saturated heterocycles. The van der Waals surface area contributed by atoms with Gasteiger partial charge in [0.1, 0.15) is 5.52 Å². The van der Waals surface area contributed by atoms with Crippen LogP contribution in [-0.2, 0) is 0 Å². The molecule has 5 nitrogen and oxygen atoms in total. The lowest BCUT2D eigenvalue weighted by Crippen LogP contribution is -2.36. The molecule has 3 aromatic rings. The zero-order chi connectivity index (χ0) is 15.8. The van der Waals surface area contributed by atoms with Crippen molar-refractivity contribution in [1.29, 1.82) is 0 Å². The Bertz CT molecular complexity index is 834. The minimum Gasteiger partial charge on any atom is -0.393 e. The highest BCUT2D eigenvalue weighted by Gasteiger charge is 2.20. The lowest BCUT2D eigenvalue weighted by atomic mass is 10.1. The molecule has 0 atom stereocenters. The summed E-state index contributed by atoms with van der Waals surface area (Å²) in [5.41, 5.74) is 4.32. The Morgan fingerprint density at radius 1 is 1.17 bits per heavy atom. The summed E-state index contributed by atoms with van der Waals surface area (Å²) in [5.74, 6) is 0.950. The first-order valence-corrected chi connectivity index (χ1v) is 8.05. The molecule has 2 aromatic heterocycles. The van der Waals surface area contributed by atoms with Gasteiger partial charge < -0.3 is 10.0 Å². The van der Waals surface area contributed by atoms with Gasteiger partial charge in [0.25, 0.3) is 0 Å². The van der Waals surface area contributed by atoms with E-state index in [-0.39, 0.29) is 6.10 Å². The lowest BCUT2D eigenvalue weighted by molar-refractivity contribution is 0.145. The van der Waals surface area contributed by atoms with E-state index in [0.29, 0.717) is 0 Å². The van der Waals surface area contributed by atoms with Gasteiger partial charge in [-0.2, -0.15) is 5.10 Å². The molecular weight excluding hydrogens is 288 g/mol. The van der Waals surface area contributed by atoms with Gasteiger partial charge in [-0.25, -0.2) is 9.50 Å². The Labute approximate surface area is 135 Å². The van der Waals surface area contributed by atoms with Crippen LogP contribution in [0.5, 0.6) is 0 Å². The highest BCUT2D eigenvalue weighted by Crippen LogP contribution is 2.27. The molecule has 1 aromatic carbocycles. The average Bonchev–Trinajstić information content (AvgIpc) is 3.00. The van der Waals surface area contributed by atoms with Crippen molar-refractivity contribution < 1.29 is 5.11 Å². The molecule has 0 amide bonds. The summed E-state index contributed by atoms with van der Waals surface area (Å²) in [6.45, 7) is 3.75. The fourth-order valence-electron chi connectivity index (χ4n) is 3.18. The third-order valence-electron chi connectivity index (χ3n) is 4.45. The summed E-state index contributed by atoms with van der Waals surface area (Å²) in [4.78, 5) is 6.80. The number of hydrogen-bond acceptors (Lipinski definition) is 4. The smallest absolute Gasteiger partial charge is 0.154 e. The van der Waals surface area contributed by atoms with E-state index in [1.807, 2.05) is 10.7 Å². The molecule has 1 aliphatic rings. The van der Waals surface area contributed by atoms with Crippen LogP contribution in [-0.4, -0.2) is 38.9 Å². The van der Waals surface area contributed by atoms with E-state index >= 15 is 0 Å². The number of fused-ring (bicyclic) bond motifs is 1. The molecule has 0 unspecified atom stereocenters. The summed E-state index contributed by atoms with van der Waals surface area (Å²) in [6.07, 6.45) is 5.08. The molecule has 0 bridgehead atoms. The third-order valence-corrected chi connectivity index (χ3v) is 4.45. The van der Waals surface area contributed by atoms with Crippen LogP contribution in [0.15, 0.2) is 42.7 Å². The minimum absolute atomic E-state index is 0.182. The number of aliphatic hydroxyl groups is 1. The largest absolute Gasteiger partial charge is 0.393 e. The van der Waals surface area contributed by atoms with Crippen molar-refractivity contribution in [3.63, 3.8) is 0 Å². The molecule has 0 spiro atoms.